The topological polar surface area (TPSA) is 78.3 Å². The first-order chi connectivity index (χ1) is 13.4. The Morgan fingerprint density at radius 2 is 2.07 bits per heavy atom. The molecule has 28 heavy (non-hydrogen) atoms. The molecule has 6 nitrogen and oxygen atoms in total. The molecule has 0 radical (unpaired) electrons. The number of nitrogens with zero attached hydrogens (tertiary/aromatic N) is 4. The van der Waals surface area contributed by atoms with E-state index in [1.807, 2.05) is 12.1 Å². The van der Waals surface area contributed by atoms with Crippen molar-refractivity contribution in [3.63, 3.8) is 0 Å². The maximum Gasteiger partial charge on any atom is 0.389 e. The fourth-order valence-electron chi connectivity index (χ4n) is 4.14. The Morgan fingerprint density at radius 1 is 1.25 bits per heavy atom. The molecule has 9 heteroatoms. The first-order valence-electron chi connectivity index (χ1n) is 9.41. The molecule has 1 aliphatic carbocycles. The fourth-order valence-corrected chi connectivity index (χ4v) is 4.14. The van der Waals surface area contributed by atoms with Gasteiger partial charge in [-0.25, -0.2) is 9.97 Å². The first kappa shape index (κ1) is 18.8. The summed E-state index contributed by atoms with van der Waals surface area (Å²) >= 11 is 0. The van der Waals surface area contributed by atoms with E-state index >= 15 is 0 Å². The summed E-state index contributed by atoms with van der Waals surface area (Å²) in [5.74, 6) is 1.50. The largest absolute Gasteiger partial charge is 0.494 e. The predicted octanol–water partition coefficient (Wildman–Crippen LogP) is 4.48. The summed E-state index contributed by atoms with van der Waals surface area (Å²) < 4.78 is 44.6. The van der Waals surface area contributed by atoms with Gasteiger partial charge in [0.05, 0.1) is 7.11 Å². The lowest BCUT2D eigenvalue weighted by Gasteiger charge is -2.27. The van der Waals surface area contributed by atoms with Crippen LogP contribution in [0.25, 0.3) is 16.6 Å². The number of ether oxygens (including phenoxy) is 1. The number of methoxy groups -OCH3 is 1. The number of para-hydroxylation sites is 1. The van der Waals surface area contributed by atoms with Crippen molar-refractivity contribution >= 4 is 22.5 Å². The second-order valence-electron chi connectivity index (χ2n) is 7.42. The zero-order chi connectivity index (χ0) is 19.9. The fraction of sp³-hybridized carbons (Fsp3) is 0.526. The van der Waals surface area contributed by atoms with Crippen molar-refractivity contribution in [3.05, 3.63) is 24.0 Å². The summed E-state index contributed by atoms with van der Waals surface area (Å²) in [6.45, 7) is 0. The number of rotatable bonds is 4. The van der Waals surface area contributed by atoms with E-state index in [0.717, 1.165) is 24.6 Å². The molecule has 3 aromatic rings. The standard InChI is InChI=1S/C19H22F3N5O/c1-28-14-7-3-6-13-15(14)24-18(23)27-17(13)25-16(26-27)12-5-2-4-11(10-12)8-9-19(20,21)22/h3,6-7,11-12H,2,4-5,8-10H2,1H3,(H2,23,24). The van der Waals surface area contributed by atoms with E-state index in [2.05, 4.69) is 10.1 Å². The maximum atomic E-state index is 12.6. The summed E-state index contributed by atoms with van der Waals surface area (Å²) in [4.78, 5) is 9.09. The third kappa shape index (κ3) is 3.57. The van der Waals surface area contributed by atoms with Gasteiger partial charge >= 0.3 is 6.18 Å². The van der Waals surface area contributed by atoms with Crippen LogP contribution in [0.15, 0.2) is 18.2 Å². The minimum Gasteiger partial charge on any atom is -0.494 e. The van der Waals surface area contributed by atoms with Gasteiger partial charge in [0, 0.05) is 17.7 Å². The highest BCUT2D eigenvalue weighted by Crippen LogP contribution is 2.39. The van der Waals surface area contributed by atoms with Crippen molar-refractivity contribution in [2.24, 2.45) is 5.92 Å². The van der Waals surface area contributed by atoms with Crippen LogP contribution in [-0.4, -0.2) is 32.9 Å². The van der Waals surface area contributed by atoms with Crippen LogP contribution < -0.4 is 10.5 Å². The summed E-state index contributed by atoms with van der Waals surface area (Å²) in [7, 11) is 1.56. The smallest absolute Gasteiger partial charge is 0.389 e. The van der Waals surface area contributed by atoms with E-state index in [9.17, 15) is 13.2 Å². The lowest BCUT2D eigenvalue weighted by Crippen LogP contribution is -2.18. The van der Waals surface area contributed by atoms with E-state index in [4.69, 9.17) is 15.5 Å². The van der Waals surface area contributed by atoms with Crippen LogP contribution in [0.1, 0.15) is 50.3 Å². The van der Waals surface area contributed by atoms with Crippen LogP contribution >= 0.6 is 0 Å². The van der Waals surface area contributed by atoms with Crippen molar-refractivity contribution in [1.29, 1.82) is 0 Å². The van der Waals surface area contributed by atoms with Crippen LogP contribution in [0.4, 0.5) is 19.1 Å². The van der Waals surface area contributed by atoms with Crippen molar-refractivity contribution < 1.29 is 17.9 Å². The van der Waals surface area contributed by atoms with Gasteiger partial charge in [0.25, 0.3) is 0 Å². The molecular formula is C19H22F3N5O. The van der Waals surface area contributed by atoms with E-state index < -0.39 is 12.6 Å². The average molecular weight is 393 g/mol. The Bertz CT molecular complexity index is 1000. The molecule has 0 bridgehead atoms. The molecule has 150 valence electrons. The molecule has 2 aromatic heterocycles. The van der Waals surface area contributed by atoms with E-state index in [0.29, 0.717) is 29.2 Å². The SMILES string of the molecule is COc1cccc2c1nc(N)n1nc(C3CCCC(CCC(F)(F)F)C3)nc21. The third-order valence-electron chi connectivity index (χ3n) is 5.51. The molecule has 1 saturated carbocycles. The number of alkyl halides is 3. The number of benzene rings is 1. The molecule has 2 unspecified atom stereocenters. The Balaban J connectivity index is 1.66. The number of nitrogens with two attached hydrogens (primary N) is 1. The number of fused-ring (bicyclic) bond motifs is 3. The van der Waals surface area contributed by atoms with Gasteiger partial charge in [-0.3, -0.25) is 0 Å². The molecule has 2 atom stereocenters. The van der Waals surface area contributed by atoms with Gasteiger partial charge in [-0.1, -0.05) is 18.9 Å². The summed E-state index contributed by atoms with van der Waals surface area (Å²) in [5, 5.41) is 5.31. The summed E-state index contributed by atoms with van der Waals surface area (Å²) in [6, 6.07) is 5.53. The molecule has 2 heterocycles. The van der Waals surface area contributed by atoms with Crippen molar-refractivity contribution in [2.75, 3.05) is 12.8 Å². The van der Waals surface area contributed by atoms with Gasteiger partial charge in [0.2, 0.25) is 5.95 Å². The van der Waals surface area contributed by atoms with Gasteiger partial charge < -0.3 is 10.5 Å². The molecule has 1 fully saturated rings. The minimum atomic E-state index is -4.10. The molecule has 0 spiro atoms. The molecular weight excluding hydrogens is 371 g/mol. The maximum absolute atomic E-state index is 12.6. The van der Waals surface area contributed by atoms with Crippen LogP contribution in [0.5, 0.6) is 5.75 Å². The van der Waals surface area contributed by atoms with E-state index in [-0.39, 0.29) is 24.2 Å². The second-order valence-corrected chi connectivity index (χ2v) is 7.42. The van der Waals surface area contributed by atoms with Crippen molar-refractivity contribution in [3.8, 4) is 5.75 Å². The van der Waals surface area contributed by atoms with Gasteiger partial charge in [-0.15, -0.1) is 5.10 Å². The Kier molecular flexibility index (Phi) is 4.76. The molecule has 4 rings (SSSR count). The molecule has 1 aromatic carbocycles. The number of hydrogen-bond acceptors (Lipinski definition) is 5. The molecule has 2 N–H and O–H groups in total. The van der Waals surface area contributed by atoms with Gasteiger partial charge in [-0.2, -0.15) is 17.7 Å². The zero-order valence-corrected chi connectivity index (χ0v) is 15.5. The lowest BCUT2D eigenvalue weighted by atomic mass is 9.79. The quantitative estimate of drug-likeness (QED) is 0.707. The Morgan fingerprint density at radius 3 is 2.82 bits per heavy atom. The second kappa shape index (κ2) is 7.10. The highest BCUT2D eigenvalue weighted by Gasteiger charge is 2.32. The number of hydrogen-bond donors (Lipinski definition) is 1. The summed E-state index contributed by atoms with van der Waals surface area (Å²) in [6.07, 6.45) is -1.43. The van der Waals surface area contributed by atoms with Gasteiger partial charge in [0.1, 0.15) is 11.3 Å². The predicted molar refractivity (Wildman–Crippen MR) is 99.2 cm³/mol. The molecule has 0 saturated heterocycles. The number of nitrogen functional groups attached to an aromatic ring is 1. The minimum absolute atomic E-state index is 0.0342. The molecule has 0 amide bonds. The van der Waals surface area contributed by atoms with E-state index in [1.165, 1.54) is 4.52 Å². The zero-order valence-electron chi connectivity index (χ0n) is 15.5. The summed E-state index contributed by atoms with van der Waals surface area (Å²) in [5.41, 5.74) is 7.28. The number of halogens is 3. The Hall–Kier alpha value is -2.58. The normalized spacial score (nSPS) is 20.7. The number of anilines is 1. The lowest BCUT2D eigenvalue weighted by molar-refractivity contribution is -0.138. The first-order valence-corrected chi connectivity index (χ1v) is 9.41. The average Bonchev–Trinajstić information content (AvgIpc) is 3.12. The Labute approximate surface area is 159 Å². The van der Waals surface area contributed by atoms with Crippen LogP contribution in [0, 0.1) is 5.92 Å². The monoisotopic (exact) mass is 393 g/mol. The van der Waals surface area contributed by atoms with Crippen molar-refractivity contribution in [1.82, 2.24) is 19.6 Å². The van der Waals surface area contributed by atoms with Crippen LogP contribution in [0.2, 0.25) is 0 Å². The van der Waals surface area contributed by atoms with Crippen LogP contribution in [0.3, 0.4) is 0 Å². The number of aromatic nitrogens is 4. The van der Waals surface area contributed by atoms with Gasteiger partial charge in [-0.05, 0) is 37.3 Å². The van der Waals surface area contributed by atoms with E-state index in [1.54, 1.807) is 13.2 Å². The molecule has 1 aliphatic rings. The van der Waals surface area contributed by atoms with Gasteiger partial charge in [0.15, 0.2) is 11.5 Å². The van der Waals surface area contributed by atoms with Crippen LogP contribution in [-0.2, 0) is 0 Å². The third-order valence-corrected chi connectivity index (χ3v) is 5.51. The van der Waals surface area contributed by atoms with Crippen molar-refractivity contribution in [2.45, 2.75) is 50.6 Å². The highest BCUT2D eigenvalue weighted by atomic mass is 19.4. The molecule has 0 aliphatic heterocycles. The highest BCUT2D eigenvalue weighted by molar-refractivity contribution is 5.95.